The normalized spacial score (nSPS) is 13.7. The number of rotatable bonds is 9. The van der Waals surface area contributed by atoms with Crippen molar-refractivity contribution in [3.8, 4) is 17.2 Å². The Balaban J connectivity index is 1.72. The van der Waals surface area contributed by atoms with Gasteiger partial charge in [-0.15, -0.1) is 0 Å². The molecule has 1 fully saturated rings. The maximum Gasteiger partial charge on any atom is 0.254 e. The van der Waals surface area contributed by atoms with Crippen molar-refractivity contribution in [2.45, 2.75) is 13.0 Å². The summed E-state index contributed by atoms with van der Waals surface area (Å²) < 4.78 is 18.4. The van der Waals surface area contributed by atoms with Crippen LogP contribution in [0.1, 0.15) is 16.8 Å². The van der Waals surface area contributed by atoms with Crippen molar-refractivity contribution in [3.05, 3.63) is 35.9 Å². The van der Waals surface area contributed by atoms with Gasteiger partial charge in [-0.3, -0.25) is 4.79 Å². The third kappa shape index (κ3) is 4.73. The molecule has 2 aromatic carbocycles. The number of nitrogens with one attached hydrogen (secondary N) is 2. The minimum atomic E-state index is 0.0362. The van der Waals surface area contributed by atoms with E-state index in [1.807, 2.05) is 35.2 Å². The highest BCUT2D eigenvalue weighted by molar-refractivity contribution is 5.98. The highest BCUT2D eigenvalue weighted by Crippen LogP contribution is 2.40. The molecule has 0 aliphatic carbocycles. The van der Waals surface area contributed by atoms with Crippen LogP contribution in [0.2, 0.25) is 0 Å². The quantitative estimate of drug-likeness (QED) is 0.438. The van der Waals surface area contributed by atoms with Gasteiger partial charge in [-0.25, -0.2) is 4.98 Å². The molecule has 0 radical (unpaired) electrons. The molecular weight excluding hydrogens is 436 g/mol. The second-order valence-electron chi connectivity index (χ2n) is 8.01. The van der Waals surface area contributed by atoms with Crippen LogP contribution in [0.3, 0.4) is 0 Å². The summed E-state index contributed by atoms with van der Waals surface area (Å²) in [6.07, 6.45) is 0.769. The summed E-state index contributed by atoms with van der Waals surface area (Å²) in [4.78, 5) is 19.7. The van der Waals surface area contributed by atoms with Gasteiger partial charge < -0.3 is 40.0 Å². The predicted molar refractivity (Wildman–Crippen MR) is 132 cm³/mol. The summed E-state index contributed by atoms with van der Waals surface area (Å²) in [5, 5.41) is 6.65. The van der Waals surface area contributed by atoms with Gasteiger partial charge in [-0.05, 0) is 31.2 Å². The Bertz CT molecular complexity index is 1130. The number of carbonyl (C=O) groups excluding carboxylic acids is 1. The van der Waals surface area contributed by atoms with Gasteiger partial charge in [-0.2, -0.15) is 0 Å². The van der Waals surface area contributed by atoms with E-state index < -0.39 is 0 Å². The summed E-state index contributed by atoms with van der Waals surface area (Å²) >= 11 is 0. The van der Waals surface area contributed by atoms with Crippen LogP contribution in [0, 0.1) is 0 Å². The molecule has 10 heteroatoms. The summed E-state index contributed by atoms with van der Waals surface area (Å²) in [6.45, 7) is 4.23. The van der Waals surface area contributed by atoms with Crippen molar-refractivity contribution < 1.29 is 19.0 Å². The first-order valence-corrected chi connectivity index (χ1v) is 11.4. The van der Waals surface area contributed by atoms with Crippen molar-refractivity contribution in [3.63, 3.8) is 0 Å². The van der Waals surface area contributed by atoms with Crippen molar-refractivity contribution in [2.75, 3.05) is 59.4 Å². The number of ether oxygens (including phenoxy) is 3. The Hall–Kier alpha value is -3.50. The number of benzene rings is 2. The molecule has 182 valence electrons. The van der Waals surface area contributed by atoms with E-state index in [4.69, 9.17) is 24.9 Å². The highest BCUT2D eigenvalue weighted by Gasteiger charge is 2.20. The zero-order valence-electron chi connectivity index (χ0n) is 19.9. The average Bonchev–Trinajstić information content (AvgIpc) is 3.22. The van der Waals surface area contributed by atoms with Crippen molar-refractivity contribution >= 4 is 28.6 Å². The van der Waals surface area contributed by atoms with Crippen molar-refractivity contribution in [2.24, 2.45) is 5.73 Å². The van der Waals surface area contributed by atoms with Crippen LogP contribution in [0.25, 0.3) is 11.0 Å². The molecule has 0 unspecified atom stereocenters. The fourth-order valence-electron chi connectivity index (χ4n) is 4.16. The Labute approximate surface area is 199 Å². The number of nitrogens with zero attached hydrogens (tertiary/aromatic N) is 3. The number of hydrogen-bond donors (Lipinski definition) is 3. The summed E-state index contributed by atoms with van der Waals surface area (Å²) in [5.41, 5.74) is 8.87. The molecule has 0 bridgehead atoms. The number of amides is 1. The second-order valence-corrected chi connectivity index (χ2v) is 8.01. The number of piperazine rings is 1. The fourth-order valence-corrected chi connectivity index (χ4v) is 4.16. The zero-order chi connectivity index (χ0) is 24.1. The lowest BCUT2D eigenvalue weighted by molar-refractivity contribution is 0.0736. The lowest BCUT2D eigenvalue weighted by atomic mass is 10.1. The molecule has 2 heterocycles. The largest absolute Gasteiger partial charge is 0.493 e. The molecule has 1 aliphatic heterocycles. The smallest absolute Gasteiger partial charge is 0.254 e. The van der Waals surface area contributed by atoms with E-state index in [-0.39, 0.29) is 5.91 Å². The average molecular weight is 469 g/mol. The van der Waals surface area contributed by atoms with Gasteiger partial charge in [0.15, 0.2) is 11.5 Å². The topological polar surface area (TPSA) is 116 Å². The SMILES string of the molecule is COc1cc(Nc2nc3ccc(C(=O)N4CCNCC4)cc3n2CCCN)cc(OC)c1OC. The number of imidazole rings is 1. The van der Waals surface area contributed by atoms with Crippen LogP contribution in [-0.4, -0.2) is 74.4 Å². The molecule has 0 spiro atoms. The first-order chi connectivity index (χ1) is 16.6. The molecule has 1 saturated heterocycles. The van der Waals surface area contributed by atoms with Crippen LogP contribution >= 0.6 is 0 Å². The Kier molecular flexibility index (Phi) is 7.39. The molecule has 1 aliphatic rings. The predicted octanol–water partition coefficient (Wildman–Crippen LogP) is 2.20. The molecule has 4 rings (SSSR count). The zero-order valence-corrected chi connectivity index (χ0v) is 19.9. The molecule has 34 heavy (non-hydrogen) atoms. The van der Waals surface area contributed by atoms with Gasteiger partial charge in [0.05, 0.1) is 32.4 Å². The molecule has 10 nitrogen and oxygen atoms in total. The standard InChI is InChI=1S/C24H32N6O4/c1-32-20-14-17(15-21(33-2)22(20)34-3)27-24-28-18-6-5-16(13-19(18)30(24)10-4-7-25)23(31)29-11-8-26-9-12-29/h5-6,13-15,26H,4,7-12,25H2,1-3H3,(H,27,28). The fraction of sp³-hybridized carbons (Fsp3) is 0.417. The number of nitrogens with two attached hydrogens (primary N) is 1. The lowest BCUT2D eigenvalue weighted by Crippen LogP contribution is -2.46. The van der Waals surface area contributed by atoms with Gasteiger partial charge in [0.25, 0.3) is 5.91 Å². The van der Waals surface area contributed by atoms with E-state index in [1.54, 1.807) is 21.3 Å². The summed E-state index contributed by atoms with van der Waals surface area (Å²) in [7, 11) is 4.72. The van der Waals surface area contributed by atoms with Crippen LogP contribution in [0.15, 0.2) is 30.3 Å². The van der Waals surface area contributed by atoms with Gasteiger partial charge in [-0.1, -0.05) is 0 Å². The second kappa shape index (κ2) is 10.6. The van der Waals surface area contributed by atoms with E-state index in [0.29, 0.717) is 54.9 Å². The van der Waals surface area contributed by atoms with Crippen molar-refractivity contribution in [1.82, 2.24) is 19.8 Å². The van der Waals surface area contributed by atoms with Crippen molar-refractivity contribution in [1.29, 1.82) is 0 Å². The maximum absolute atomic E-state index is 13.1. The van der Waals surface area contributed by atoms with Gasteiger partial charge in [0, 0.05) is 56.1 Å². The highest BCUT2D eigenvalue weighted by atomic mass is 16.5. The Morgan fingerprint density at radius 3 is 2.41 bits per heavy atom. The Morgan fingerprint density at radius 1 is 1.09 bits per heavy atom. The minimum absolute atomic E-state index is 0.0362. The van der Waals surface area contributed by atoms with E-state index >= 15 is 0 Å². The number of aromatic nitrogens is 2. The van der Waals surface area contributed by atoms with E-state index in [1.165, 1.54) is 0 Å². The van der Waals surface area contributed by atoms with Gasteiger partial charge in [0.1, 0.15) is 0 Å². The van der Waals surface area contributed by atoms with Crippen LogP contribution in [0.4, 0.5) is 11.6 Å². The number of anilines is 2. The molecule has 3 aromatic rings. The minimum Gasteiger partial charge on any atom is -0.493 e. The summed E-state index contributed by atoms with van der Waals surface area (Å²) in [5.74, 6) is 2.28. The van der Waals surface area contributed by atoms with E-state index in [2.05, 4.69) is 15.2 Å². The number of carbonyl (C=O) groups is 1. The van der Waals surface area contributed by atoms with E-state index in [0.717, 1.165) is 36.2 Å². The van der Waals surface area contributed by atoms with Crippen LogP contribution < -0.4 is 30.6 Å². The molecule has 0 atom stereocenters. The molecule has 4 N–H and O–H groups in total. The number of fused-ring (bicyclic) bond motifs is 1. The van der Waals surface area contributed by atoms with E-state index in [9.17, 15) is 4.79 Å². The maximum atomic E-state index is 13.1. The summed E-state index contributed by atoms with van der Waals surface area (Å²) in [6, 6.07) is 9.31. The number of methoxy groups -OCH3 is 3. The van der Waals surface area contributed by atoms with Gasteiger partial charge >= 0.3 is 0 Å². The number of hydrogen-bond acceptors (Lipinski definition) is 8. The third-order valence-electron chi connectivity index (χ3n) is 5.91. The molecule has 0 saturated carbocycles. The number of aryl methyl sites for hydroxylation is 1. The lowest BCUT2D eigenvalue weighted by Gasteiger charge is -2.27. The Morgan fingerprint density at radius 2 is 1.79 bits per heavy atom. The first kappa shape index (κ1) is 23.7. The van der Waals surface area contributed by atoms with Crippen LogP contribution in [0.5, 0.6) is 17.2 Å². The molecular formula is C24H32N6O4. The van der Waals surface area contributed by atoms with Gasteiger partial charge in [0.2, 0.25) is 11.7 Å². The molecule has 1 aromatic heterocycles. The monoisotopic (exact) mass is 468 g/mol. The van der Waals surface area contributed by atoms with Crippen LogP contribution in [-0.2, 0) is 6.54 Å². The third-order valence-corrected chi connectivity index (χ3v) is 5.91. The first-order valence-electron chi connectivity index (χ1n) is 11.4. The molecule has 1 amide bonds.